The van der Waals surface area contributed by atoms with Crippen LogP contribution in [0.25, 0.3) is 0 Å². The lowest BCUT2D eigenvalue weighted by atomic mass is 10.0. The first-order chi connectivity index (χ1) is 8.68. The molecule has 3 nitrogen and oxygen atoms in total. The zero-order valence-electron chi connectivity index (χ0n) is 10.3. The predicted octanol–water partition coefficient (Wildman–Crippen LogP) is 3.52. The van der Waals surface area contributed by atoms with Crippen molar-refractivity contribution in [2.45, 2.75) is 32.1 Å². The molecule has 0 saturated heterocycles. The van der Waals surface area contributed by atoms with E-state index in [-0.39, 0.29) is 11.3 Å². The lowest BCUT2D eigenvalue weighted by molar-refractivity contribution is 0.0697. The van der Waals surface area contributed by atoms with E-state index in [9.17, 15) is 9.18 Å². The number of rotatable bonds is 5. The van der Waals surface area contributed by atoms with Crippen molar-refractivity contribution in [2.75, 3.05) is 11.9 Å². The van der Waals surface area contributed by atoms with E-state index in [0.29, 0.717) is 12.5 Å². The molecule has 1 fully saturated rings. The molecule has 0 heterocycles. The number of hydrogen-bond donors (Lipinski definition) is 2. The van der Waals surface area contributed by atoms with E-state index in [4.69, 9.17) is 5.11 Å². The first-order valence-corrected chi connectivity index (χ1v) is 6.44. The number of anilines is 1. The summed E-state index contributed by atoms with van der Waals surface area (Å²) < 4.78 is 13.6. The summed E-state index contributed by atoms with van der Waals surface area (Å²) in [6, 6.07) is 4.12. The van der Waals surface area contributed by atoms with Crippen molar-refractivity contribution in [3.05, 3.63) is 29.6 Å². The zero-order chi connectivity index (χ0) is 13.0. The summed E-state index contributed by atoms with van der Waals surface area (Å²) >= 11 is 0. The molecule has 0 atom stereocenters. The Labute approximate surface area is 106 Å². The SMILES string of the molecule is O=C(O)c1cccc(F)c1NCCC1CCCC1. The van der Waals surface area contributed by atoms with Crippen molar-refractivity contribution in [2.24, 2.45) is 5.92 Å². The largest absolute Gasteiger partial charge is 0.478 e. The Bertz CT molecular complexity index is 428. The fourth-order valence-electron chi connectivity index (χ4n) is 2.58. The maximum atomic E-state index is 13.6. The van der Waals surface area contributed by atoms with Crippen LogP contribution in [-0.2, 0) is 0 Å². The zero-order valence-corrected chi connectivity index (χ0v) is 10.3. The second-order valence-electron chi connectivity index (χ2n) is 4.83. The molecule has 0 unspecified atom stereocenters. The summed E-state index contributed by atoms with van der Waals surface area (Å²) in [7, 11) is 0. The molecule has 1 aliphatic rings. The van der Waals surface area contributed by atoms with E-state index >= 15 is 0 Å². The maximum absolute atomic E-state index is 13.6. The minimum atomic E-state index is -1.10. The van der Waals surface area contributed by atoms with Gasteiger partial charge in [-0.1, -0.05) is 31.7 Å². The summed E-state index contributed by atoms with van der Waals surface area (Å²) in [5.74, 6) is -0.892. The average Bonchev–Trinajstić information content (AvgIpc) is 2.84. The number of para-hydroxylation sites is 1. The fourth-order valence-corrected chi connectivity index (χ4v) is 2.58. The molecular weight excluding hydrogens is 233 g/mol. The van der Waals surface area contributed by atoms with Crippen LogP contribution in [0, 0.1) is 11.7 Å². The van der Waals surface area contributed by atoms with Crippen LogP contribution in [0.2, 0.25) is 0 Å². The molecule has 0 spiro atoms. The number of carboxylic acid groups (broad SMARTS) is 1. The van der Waals surface area contributed by atoms with Crippen molar-refractivity contribution >= 4 is 11.7 Å². The Morgan fingerprint density at radius 3 is 2.78 bits per heavy atom. The van der Waals surface area contributed by atoms with Gasteiger partial charge in [-0.2, -0.15) is 0 Å². The summed E-state index contributed by atoms with van der Waals surface area (Å²) in [5.41, 5.74) is 0.115. The first-order valence-electron chi connectivity index (χ1n) is 6.44. The van der Waals surface area contributed by atoms with Crippen LogP contribution in [0.1, 0.15) is 42.5 Å². The average molecular weight is 251 g/mol. The predicted molar refractivity (Wildman–Crippen MR) is 68.4 cm³/mol. The summed E-state index contributed by atoms with van der Waals surface area (Å²) in [6.07, 6.45) is 6.03. The number of benzene rings is 1. The Kier molecular flexibility index (Phi) is 4.18. The third-order valence-corrected chi connectivity index (χ3v) is 3.57. The highest BCUT2D eigenvalue weighted by Gasteiger charge is 2.16. The Hall–Kier alpha value is -1.58. The number of carbonyl (C=O) groups is 1. The van der Waals surface area contributed by atoms with Crippen molar-refractivity contribution in [1.29, 1.82) is 0 Å². The molecule has 2 N–H and O–H groups in total. The van der Waals surface area contributed by atoms with Gasteiger partial charge >= 0.3 is 5.97 Å². The van der Waals surface area contributed by atoms with Crippen molar-refractivity contribution in [3.63, 3.8) is 0 Å². The van der Waals surface area contributed by atoms with Crippen LogP contribution in [0.3, 0.4) is 0 Å². The minimum Gasteiger partial charge on any atom is -0.478 e. The van der Waals surface area contributed by atoms with Gasteiger partial charge in [-0.15, -0.1) is 0 Å². The van der Waals surface area contributed by atoms with Gasteiger partial charge in [0.25, 0.3) is 0 Å². The van der Waals surface area contributed by atoms with Crippen molar-refractivity contribution in [1.82, 2.24) is 0 Å². The third kappa shape index (κ3) is 3.00. The smallest absolute Gasteiger partial charge is 0.337 e. The fraction of sp³-hybridized carbons (Fsp3) is 0.500. The lowest BCUT2D eigenvalue weighted by Gasteiger charge is -2.13. The van der Waals surface area contributed by atoms with Gasteiger partial charge in [0, 0.05) is 6.54 Å². The van der Waals surface area contributed by atoms with Crippen LogP contribution in [0.5, 0.6) is 0 Å². The van der Waals surface area contributed by atoms with Gasteiger partial charge in [0.15, 0.2) is 0 Å². The van der Waals surface area contributed by atoms with Crippen LogP contribution in [0.4, 0.5) is 10.1 Å². The highest BCUT2D eigenvalue weighted by molar-refractivity contribution is 5.94. The van der Waals surface area contributed by atoms with E-state index in [2.05, 4.69) is 5.32 Å². The van der Waals surface area contributed by atoms with E-state index in [1.807, 2.05) is 0 Å². The van der Waals surface area contributed by atoms with Crippen molar-refractivity contribution in [3.8, 4) is 0 Å². The first kappa shape index (κ1) is 12.9. The Balaban J connectivity index is 1.97. The standard InChI is InChI=1S/C14H18FNO2/c15-12-7-3-6-11(14(17)18)13(12)16-9-8-10-4-1-2-5-10/h3,6-7,10,16H,1-2,4-5,8-9H2,(H,17,18). The second-order valence-corrected chi connectivity index (χ2v) is 4.83. The van der Waals surface area contributed by atoms with E-state index in [1.165, 1.54) is 43.9 Å². The number of halogens is 1. The van der Waals surface area contributed by atoms with Gasteiger partial charge < -0.3 is 10.4 Å². The maximum Gasteiger partial charge on any atom is 0.337 e. The number of aromatic carboxylic acids is 1. The van der Waals surface area contributed by atoms with Crippen LogP contribution in [0.15, 0.2) is 18.2 Å². The molecule has 98 valence electrons. The molecule has 1 aromatic carbocycles. The molecule has 0 aliphatic heterocycles. The van der Waals surface area contributed by atoms with Gasteiger partial charge in [-0.05, 0) is 24.5 Å². The van der Waals surface area contributed by atoms with Gasteiger partial charge in [-0.25, -0.2) is 9.18 Å². The summed E-state index contributed by atoms with van der Waals surface area (Å²) in [6.45, 7) is 0.631. The van der Waals surface area contributed by atoms with Gasteiger partial charge in [-0.3, -0.25) is 0 Å². The molecule has 0 amide bonds. The highest BCUT2D eigenvalue weighted by Crippen LogP contribution is 2.28. The summed E-state index contributed by atoms with van der Waals surface area (Å²) in [4.78, 5) is 11.0. The van der Waals surface area contributed by atoms with Crippen molar-refractivity contribution < 1.29 is 14.3 Å². The molecule has 1 aliphatic carbocycles. The number of hydrogen-bond acceptors (Lipinski definition) is 2. The van der Waals surface area contributed by atoms with E-state index < -0.39 is 11.8 Å². The van der Waals surface area contributed by atoms with E-state index in [1.54, 1.807) is 0 Å². The highest BCUT2D eigenvalue weighted by atomic mass is 19.1. The van der Waals surface area contributed by atoms with Crippen LogP contribution >= 0.6 is 0 Å². The monoisotopic (exact) mass is 251 g/mol. The molecule has 1 aromatic rings. The van der Waals surface area contributed by atoms with Gasteiger partial charge in [0.05, 0.1) is 11.3 Å². The molecule has 0 radical (unpaired) electrons. The lowest BCUT2D eigenvalue weighted by Crippen LogP contribution is -2.11. The quantitative estimate of drug-likeness (QED) is 0.841. The molecule has 1 saturated carbocycles. The Morgan fingerprint density at radius 1 is 1.39 bits per heavy atom. The third-order valence-electron chi connectivity index (χ3n) is 3.57. The number of carboxylic acids is 1. The topological polar surface area (TPSA) is 49.3 Å². The molecule has 0 bridgehead atoms. The van der Waals surface area contributed by atoms with Gasteiger partial charge in [0.2, 0.25) is 0 Å². The molecule has 4 heteroatoms. The minimum absolute atomic E-state index is 0.00132. The molecule has 18 heavy (non-hydrogen) atoms. The molecule has 2 rings (SSSR count). The molecular formula is C14H18FNO2. The van der Waals surface area contributed by atoms with Crippen LogP contribution in [-0.4, -0.2) is 17.6 Å². The second kappa shape index (κ2) is 5.85. The normalized spacial score (nSPS) is 15.8. The van der Waals surface area contributed by atoms with Crippen LogP contribution < -0.4 is 5.32 Å². The Morgan fingerprint density at radius 2 is 2.11 bits per heavy atom. The summed E-state index contributed by atoms with van der Waals surface area (Å²) in [5, 5.41) is 11.9. The number of nitrogens with one attached hydrogen (secondary N) is 1. The van der Waals surface area contributed by atoms with Gasteiger partial charge in [0.1, 0.15) is 5.82 Å². The van der Waals surface area contributed by atoms with E-state index in [0.717, 1.165) is 6.42 Å². The molecule has 0 aromatic heterocycles.